The predicted molar refractivity (Wildman–Crippen MR) is 56.9 cm³/mol. The Labute approximate surface area is 92.5 Å². The Morgan fingerprint density at radius 3 is 3.12 bits per heavy atom. The molecule has 0 aromatic carbocycles. The molecule has 2 rings (SSSR count). The summed E-state index contributed by atoms with van der Waals surface area (Å²) in [6, 6.07) is -0.425. The molecule has 0 fully saturated rings. The van der Waals surface area contributed by atoms with Crippen molar-refractivity contribution in [2.75, 3.05) is 0 Å². The summed E-state index contributed by atoms with van der Waals surface area (Å²) in [5.74, 6) is 3.82. The highest BCUT2D eigenvalue weighted by atomic mass is 16.5. The van der Waals surface area contributed by atoms with E-state index in [0.29, 0.717) is 24.0 Å². The van der Waals surface area contributed by atoms with E-state index in [0.717, 1.165) is 0 Å². The summed E-state index contributed by atoms with van der Waals surface area (Å²) in [4.78, 5) is 8.25. The molecule has 2 aromatic rings. The summed E-state index contributed by atoms with van der Waals surface area (Å²) in [5, 5.41) is 3.80. The lowest BCUT2D eigenvalue weighted by molar-refractivity contribution is 0.356. The second-order valence-electron chi connectivity index (χ2n) is 3.33. The van der Waals surface area contributed by atoms with Gasteiger partial charge in [-0.05, 0) is 0 Å². The maximum atomic E-state index is 5.74. The first-order valence-electron chi connectivity index (χ1n) is 4.72. The number of terminal acetylenes is 1. The largest absolute Gasteiger partial charge is 0.337 e. The van der Waals surface area contributed by atoms with E-state index < -0.39 is 6.04 Å². The van der Waals surface area contributed by atoms with Crippen LogP contribution < -0.4 is 5.73 Å². The summed E-state index contributed by atoms with van der Waals surface area (Å²) in [6.07, 6.45) is 8.98. The van der Waals surface area contributed by atoms with E-state index >= 15 is 0 Å². The SMILES string of the molecule is C#CCC(N)c1nc(-c2nccn2C)no1. The minimum absolute atomic E-state index is 0.330. The Morgan fingerprint density at radius 1 is 1.69 bits per heavy atom. The van der Waals surface area contributed by atoms with Crippen molar-refractivity contribution in [3.05, 3.63) is 18.3 Å². The minimum Gasteiger partial charge on any atom is -0.337 e. The lowest BCUT2D eigenvalue weighted by Crippen LogP contribution is -2.09. The zero-order valence-corrected chi connectivity index (χ0v) is 8.79. The average Bonchev–Trinajstić information content (AvgIpc) is 2.86. The first kappa shape index (κ1) is 10.4. The lowest BCUT2D eigenvalue weighted by Gasteiger charge is -1.98. The fourth-order valence-corrected chi connectivity index (χ4v) is 1.27. The molecule has 6 nitrogen and oxygen atoms in total. The fraction of sp³-hybridized carbons (Fsp3) is 0.300. The van der Waals surface area contributed by atoms with E-state index in [1.807, 2.05) is 7.05 Å². The third kappa shape index (κ3) is 1.81. The van der Waals surface area contributed by atoms with Crippen LogP contribution in [0.3, 0.4) is 0 Å². The van der Waals surface area contributed by atoms with Crippen LogP contribution in [0.15, 0.2) is 16.9 Å². The Kier molecular flexibility index (Phi) is 2.70. The molecule has 2 heterocycles. The van der Waals surface area contributed by atoms with Crippen molar-refractivity contribution in [2.45, 2.75) is 12.5 Å². The zero-order valence-electron chi connectivity index (χ0n) is 8.79. The van der Waals surface area contributed by atoms with Gasteiger partial charge in [-0.2, -0.15) is 4.98 Å². The van der Waals surface area contributed by atoms with Gasteiger partial charge in [0.15, 0.2) is 5.82 Å². The maximum Gasteiger partial charge on any atom is 0.244 e. The highest BCUT2D eigenvalue weighted by Crippen LogP contribution is 2.16. The molecule has 2 N–H and O–H groups in total. The van der Waals surface area contributed by atoms with Crippen LogP contribution in [-0.4, -0.2) is 19.7 Å². The molecule has 1 unspecified atom stereocenters. The van der Waals surface area contributed by atoms with Crippen LogP contribution in [0, 0.1) is 12.3 Å². The second-order valence-corrected chi connectivity index (χ2v) is 3.33. The first-order valence-corrected chi connectivity index (χ1v) is 4.72. The van der Waals surface area contributed by atoms with Crippen molar-refractivity contribution in [3.63, 3.8) is 0 Å². The van der Waals surface area contributed by atoms with Gasteiger partial charge in [0.05, 0.1) is 6.04 Å². The van der Waals surface area contributed by atoms with Crippen molar-refractivity contribution in [1.29, 1.82) is 0 Å². The number of nitrogens with zero attached hydrogens (tertiary/aromatic N) is 4. The Hall–Kier alpha value is -2.13. The van der Waals surface area contributed by atoms with Crippen LogP contribution in [0.5, 0.6) is 0 Å². The number of hydrogen-bond donors (Lipinski definition) is 1. The molecule has 2 aromatic heterocycles. The highest BCUT2D eigenvalue weighted by Gasteiger charge is 2.16. The minimum atomic E-state index is -0.425. The van der Waals surface area contributed by atoms with Crippen LogP contribution in [0.25, 0.3) is 11.6 Å². The van der Waals surface area contributed by atoms with E-state index in [-0.39, 0.29) is 0 Å². The molecule has 0 radical (unpaired) electrons. The normalized spacial score (nSPS) is 12.3. The molecule has 0 spiro atoms. The molecule has 0 bridgehead atoms. The molecular weight excluding hydrogens is 206 g/mol. The van der Waals surface area contributed by atoms with Crippen molar-refractivity contribution in [2.24, 2.45) is 12.8 Å². The van der Waals surface area contributed by atoms with Gasteiger partial charge in [-0.15, -0.1) is 12.3 Å². The van der Waals surface area contributed by atoms with Gasteiger partial charge in [0.1, 0.15) is 0 Å². The fourth-order valence-electron chi connectivity index (χ4n) is 1.27. The van der Waals surface area contributed by atoms with Crippen molar-refractivity contribution < 1.29 is 4.52 Å². The van der Waals surface area contributed by atoms with Gasteiger partial charge in [0.25, 0.3) is 0 Å². The molecule has 16 heavy (non-hydrogen) atoms. The van der Waals surface area contributed by atoms with Gasteiger partial charge >= 0.3 is 0 Å². The van der Waals surface area contributed by atoms with Gasteiger partial charge in [0, 0.05) is 25.9 Å². The van der Waals surface area contributed by atoms with Crippen LogP contribution in [0.2, 0.25) is 0 Å². The van der Waals surface area contributed by atoms with Crippen molar-refractivity contribution in [3.8, 4) is 24.0 Å². The standard InChI is InChI=1S/C10H11N5O/c1-3-4-7(11)10-13-8(14-16-10)9-12-5-6-15(9)2/h1,5-7H,4,11H2,2H3. The molecule has 0 aliphatic heterocycles. The van der Waals surface area contributed by atoms with Crippen LogP contribution in [0.4, 0.5) is 0 Å². The van der Waals surface area contributed by atoms with Crippen molar-refractivity contribution in [1.82, 2.24) is 19.7 Å². The Bertz CT molecular complexity index is 521. The van der Waals surface area contributed by atoms with Gasteiger partial charge in [0.2, 0.25) is 11.7 Å². The van der Waals surface area contributed by atoms with Gasteiger partial charge in [-0.1, -0.05) is 5.16 Å². The first-order chi connectivity index (χ1) is 7.72. The third-order valence-corrected chi connectivity index (χ3v) is 2.12. The third-order valence-electron chi connectivity index (χ3n) is 2.12. The van der Waals surface area contributed by atoms with Crippen LogP contribution >= 0.6 is 0 Å². The Morgan fingerprint density at radius 2 is 2.50 bits per heavy atom. The quantitative estimate of drug-likeness (QED) is 0.756. The van der Waals surface area contributed by atoms with E-state index in [1.165, 1.54) is 0 Å². The number of aryl methyl sites for hydroxylation is 1. The summed E-state index contributed by atoms with van der Waals surface area (Å²) in [6.45, 7) is 0. The maximum absolute atomic E-state index is 5.74. The zero-order chi connectivity index (χ0) is 11.5. The predicted octanol–water partition coefficient (Wildman–Crippen LogP) is 0.493. The topological polar surface area (TPSA) is 82.8 Å². The van der Waals surface area contributed by atoms with E-state index in [4.69, 9.17) is 16.7 Å². The van der Waals surface area contributed by atoms with E-state index in [2.05, 4.69) is 21.0 Å². The van der Waals surface area contributed by atoms with Crippen LogP contribution in [0.1, 0.15) is 18.4 Å². The monoisotopic (exact) mass is 217 g/mol. The Balaban J connectivity index is 2.27. The molecule has 6 heteroatoms. The van der Waals surface area contributed by atoms with E-state index in [1.54, 1.807) is 17.0 Å². The molecule has 0 saturated heterocycles. The van der Waals surface area contributed by atoms with Gasteiger partial charge in [-0.25, -0.2) is 4.98 Å². The summed E-state index contributed by atoms with van der Waals surface area (Å²) < 4.78 is 6.82. The molecular formula is C10H11N5O. The van der Waals surface area contributed by atoms with Crippen molar-refractivity contribution >= 4 is 0 Å². The van der Waals surface area contributed by atoms with Crippen LogP contribution in [-0.2, 0) is 7.05 Å². The molecule has 0 amide bonds. The van der Waals surface area contributed by atoms with E-state index in [9.17, 15) is 0 Å². The molecule has 82 valence electrons. The highest BCUT2D eigenvalue weighted by molar-refractivity contribution is 5.42. The smallest absolute Gasteiger partial charge is 0.244 e. The number of rotatable bonds is 3. The average molecular weight is 217 g/mol. The second kappa shape index (κ2) is 4.16. The summed E-state index contributed by atoms with van der Waals surface area (Å²) >= 11 is 0. The summed E-state index contributed by atoms with van der Waals surface area (Å²) in [7, 11) is 1.85. The molecule has 1 atom stereocenters. The number of hydrogen-bond acceptors (Lipinski definition) is 5. The lowest BCUT2D eigenvalue weighted by atomic mass is 10.2. The number of imidazole rings is 1. The molecule has 0 aliphatic rings. The van der Waals surface area contributed by atoms with Gasteiger partial charge < -0.3 is 14.8 Å². The molecule has 0 saturated carbocycles. The molecule has 0 aliphatic carbocycles. The summed E-state index contributed by atoms with van der Waals surface area (Å²) in [5.41, 5.74) is 5.74. The van der Waals surface area contributed by atoms with Gasteiger partial charge in [-0.3, -0.25) is 0 Å². The number of aromatic nitrogens is 4. The number of nitrogens with two attached hydrogens (primary N) is 1.